The summed E-state index contributed by atoms with van der Waals surface area (Å²) in [6.07, 6.45) is 3.29. The van der Waals surface area contributed by atoms with Crippen LogP contribution in [0.5, 0.6) is 0 Å². The Balaban J connectivity index is 1.86. The van der Waals surface area contributed by atoms with Crippen molar-refractivity contribution < 1.29 is 4.79 Å². The Hall–Kier alpha value is -2.75. The highest BCUT2D eigenvalue weighted by Gasteiger charge is 2.08. The number of anilines is 1. The summed E-state index contributed by atoms with van der Waals surface area (Å²) in [4.78, 5) is 20.6. The second kappa shape index (κ2) is 5.09. The topological polar surface area (TPSA) is 54.9 Å². The van der Waals surface area contributed by atoms with Gasteiger partial charge in [0.15, 0.2) is 0 Å². The third kappa shape index (κ3) is 2.49. The maximum Gasteiger partial charge on any atom is 0.258 e. The van der Waals surface area contributed by atoms with Gasteiger partial charge in [0, 0.05) is 17.8 Å². The largest absolute Gasteiger partial charge is 0.307 e. The molecule has 4 heteroatoms. The number of pyridine rings is 2. The Morgan fingerprint density at radius 1 is 1.05 bits per heavy atom. The van der Waals surface area contributed by atoms with Gasteiger partial charge in [-0.1, -0.05) is 24.3 Å². The molecule has 0 radical (unpaired) electrons. The molecule has 0 saturated heterocycles. The van der Waals surface area contributed by atoms with Crippen LogP contribution < -0.4 is 5.32 Å². The highest BCUT2D eigenvalue weighted by atomic mass is 16.1. The molecule has 0 aliphatic rings. The lowest BCUT2D eigenvalue weighted by Gasteiger charge is -2.05. The number of para-hydroxylation sites is 1. The molecule has 0 saturated carbocycles. The van der Waals surface area contributed by atoms with E-state index in [1.54, 1.807) is 18.5 Å². The predicted molar refractivity (Wildman–Crippen MR) is 78.7 cm³/mol. The summed E-state index contributed by atoms with van der Waals surface area (Å²) in [5, 5.41) is 3.70. The first kappa shape index (κ1) is 12.3. The van der Waals surface area contributed by atoms with Gasteiger partial charge in [-0.05, 0) is 30.7 Å². The molecule has 0 aliphatic carbocycles. The maximum atomic E-state index is 12.2. The van der Waals surface area contributed by atoms with Gasteiger partial charge in [-0.2, -0.15) is 0 Å². The van der Waals surface area contributed by atoms with Crippen LogP contribution in [0, 0.1) is 6.92 Å². The smallest absolute Gasteiger partial charge is 0.258 e. The zero-order valence-corrected chi connectivity index (χ0v) is 11.0. The molecule has 20 heavy (non-hydrogen) atoms. The number of hydrogen-bond acceptors (Lipinski definition) is 3. The lowest BCUT2D eigenvalue weighted by molar-refractivity contribution is 0.102. The normalized spacial score (nSPS) is 10.4. The first-order chi connectivity index (χ1) is 9.72. The summed E-state index contributed by atoms with van der Waals surface area (Å²) >= 11 is 0. The number of rotatable bonds is 2. The number of nitrogens with one attached hydrogen (secondary N) is 1. The monoisotopic (exact) mass is 263 g/mol. The lowest BCUT2D eigenvalue weighted by Crippen LogP contribution is -2.13. The molecule has 0 unspecified atom stereocenters. The first-order valence-corrected chi connectivity index (χ1v) is 6.31. The van der Waals surface area contributed by atoms with Gasteiger partial charge < -0.3 is 5.32 Å². The van der Waals surface area contributed by atoms with Gasteiger partial charge in [0.2, 0.25) is 0 Å². The summed E-state index contributed by atoms with van der Waals surface area (Å²) in [6, 6.07) is 13.2. The Morgan fingerprint density at radius 2 is 1.90 bits per heavy atom. The molecular formula is C16H13N3O. The van der Waals surface area contributed by atoms with E-state index in [9.17, 15) is 4.79 Å². The van der Waals surface area contributed by atoms with E-state index in [2.05, 4.69) is 15.3 Å². The van der Waals surface area contributed by atoms with Gasteiger partial charge in [0.1, 0.15) is 5.82 Å². The van der Waals surface area contributed by atoms with Crippen molar-refractivity contribution in [1.29, 1.82) is 0 Å². The molecule has 3 aromatic rings. The second-order valence-electron chi connectivity index (χ2n) is 4.59. The number of fused-ring (bicyclic) bond motifs is 1. The number of carbonyl (C=O) groups is 1. The summed E-state index contributed by atoms with van der Waals surface area (Å²) in [7, 11) is 0. The van der Waals surface area contributed by atoms with Crippen LogP contribution in [0.25, 0.3) is 10.9 Å². The number of aromatic nitrogens is 2. The van der Waals surface area contributed by atoms with Crippen LogP contribution in [0.15, 0.2) is 54.9 Å². The Kier molecular flexibility index (Phi) is 3.13. The fourth-order valence-electron chi connectivity index (χ4n) is 1.93. The number of benzene rings is 1. The molecule has 1 amide bonds. The molecule has 1 aromatic carbocycles. The standard InChI is InChI=1S/C16H13N3O/c1-11-6-7-15(18-9-11)19-16(20)13-8-12-4-2-3-5-14(12)17-10-13/h2-10H,1H3,(H,18,19,20). The van der Waals surface area contributed by atoms with Gasteiger partial charge in [-0.15, -0.1) is 0 Å². The number of amides is 1. The molecule has 0 fully saturated rings. The minimum Gasteiger partial charge on any atom is -0.307 e. The van der Waals surface area contributed by atoms with Crippen LogP contribution >= 0.6 is 0 Å². The van der Waals surface area contributed by atoms with Crippen molar-refractivity contribution >= 4 is 22.6 Å². The van der Waals surface area contributed by atoms with E-state index in [1.807, 2.05) is 43.3 Å². The average Bonchev–Trinajstić information content (AvgIpc) is 2.49. The number of aryl methyl sites for hydroxylation is 1. The van der Waals surface area contributed by atoms with Crippen LogP contribution in [-0.4, -0.2) is 15.9 Å². The van der Waals surface area contributed by atoms with Gasteiger partial charge in [0.05, 0.1) is 11.1 Å². The van der Waals surface area contributed by atoms with E-state index in [0.717, 1.165) is 16.5 Å². The fourth-order valence-corrected chi connectivity index (χ4v) is 1.93. The summed E-state index contributed by atoms with van der Waals surface area (Å²) < 4.78 is 0. The zero-order valence-electron chi connectivity index (χ0n) is 11.0. The van der Waals surface area contributed by atoms with Crippen molar-refractivity contribution in [2.24, 2.45) is 0 Å². The summed E-state index contributed by atoms with van der Waals surface area (Å²) in [5.74, 6) is 0.327. The Morgan fingerprint density at radius 3 is 2.70 bits per heavy atom. The second-order valence-corrected chi connectivity index (χ2v) is 4.59. The van der Waals surface area contributed by atoms with Crippen LogP contribution in [0.2, 0.25) is 0 Å². The minimum atomic E-state index is -0.209. The van der Waals surface area contributed by atoms with Crippen LogP contribution in [0.4, 0.5) is 5.82 Å². The SMILES string of the molecule is Cc1ccc(NC(=O)c2cnc3ccccc3c2)nc1. The van der Waals surface area contributed by atoms with E-state index in [0.29, 0.717) is 11.4 Å². The summed E-state index contributed by atoms with van der Waals surface area (Å²) in [5.41, 5.74) is 2.44. The lowest BCUT2D eigenvalue weighted by atomic mass is 10.1. The summed E-state index contributed by atoms with van der Waals surface area (Å²) in [6.45, 7) is 1.95. The van der Waals surface area contributed by atoms with E-state index >= 15 is 0 Å². The molecular weight excluding hydrogens is 250 g/mol. The minimum absolute atomic E-state index is 0.209. The Labute approximate surface area is 116 Å². The molecule has 2 heterocycles. The van der Waals surface area contributed by atoms with Gasteiger partial charge in [-0.3, -0.25) is 9.78 Å². The average molecular weight is 263 g/mol. The fraction of sp³-hybridized carbons (Fsp3) is 0.0625. The van der Waals surface area contributed by atoms with Crippen molar-refractivity contribution in [3.8, 4) is 0 Å². The third-order valence-corrected chi connectivity index (χ3v) is 3.01. The molecule has 1 N–H and O–H groups in total. The molecule has 4 nitrogen and oxygen atoms in total. The molecule has 0 atom stereocenters. The van der Waals surface area contributed by atoms with Crippen LogP contribution in [0.1, 0.15) is 15.9 Å². The molecule has 98 valence electrons. The van der Waals surface area contributed by atoms with Crippen molar-refractivity contribution in [1.82, 2.24) is 9.97 Å². The molecule has 0 spiro atoms. The third-order valence-electron chi connectivity index (χ3n) is 3.01. The molecule has 0 bridgehead atoms. The first-order valence-electron chi connectivity index (χ1n) is 6.31. The van der Waals surface area contributed by atoms with Crippen LogP contribution in [0.3, 0.4) is 0 Å². The van der Waals surface area contributed by atoms with Gasteiger partial charge in [-0.25, -0.2) is 4.98 Å². The molecule has 3 rings (SSSR count). The van der Waals surface area contributed by atoms with Gasteiger partial charge >= 0.3 is 0 Å². The molecule has 2 aromatic heterocycles. The van der Waals surface area contributed by atoms with Crippen molar-refractivity contribution in [2.75, 3.05) is 5.32 Å². The van der Waals surface area contributed by atoms with Crippen molar-refractivity contribution in [3.63, 3.8) is 0 Å². The molecule has 0 aliphatic heterocycles. The van der Waals surface area contributed by atoms with E-state index in [-0.39, 0.29) is 5.91 Å². The van der Waals surface area contributed by atoms with Crippen molar-refractivity contribution in [2.45, 2.75) is 6.92 Å². The van der Waals surface area contributed by atoms with E-state index in [1.165, 1.54) is 0 Å². The maximum absolute atomic E-state index is 12.2. The number of hydrogen-bond donors (Lipinski definition) is 1. The predicted octanol–water partition coefficient (Wildman–Crippen LogP) is 3.19. The zero-order chi connectivity index (χ0) is 13.9. The quantitative estimate of drug-likeness (QED) is 0.772. The highest BCUT2D eigenvalue weighted by Crippen LogP contribution is 2.14. The number of carbonyl (C=O) groups excluding carboxylic acids is 1. The van der Waals surface area contributed by atoms with E-state index in [4.69, 9.17) is 0 Å². The van der Waals surface area contributed by atoms with Gasteiger partial charge in [0.25, 0.3) is 5.91 Å². The Bertz CT molecular complexity index is 766. The highest BCUT2D eigenvalue weighted by molar-refractivity contribution is 6.05. The number of nitrogens with zero attached hydrogens (tertiary/aromatic N) is 2. The van der Waals surface area contributed by atoms with Crippen molar-refractivity contribution in [3.05, 3.63) is 66.0 Å². The van der Waals surface area contributed by atoms with E-state index < -0.39 is 0 Å². The van der Waals surface area contributed by atoms with Crippen LogP contribution in [-0.2, 0) is 0 Å².